The Morgan fingerprint density at radius 2 is 1.70 bits per heavy atom. The predicted molar refractivity (Wildman–Crippen MR) is 118 cm³/mol. The zero-order chi connectivity index (χ0) is 21.8. The van der Waals surface area contributed by atoms with Gasteiger partial charge in [-0.1, -0.05) is 36.4 Å². The third-order valence-corrected chi connectivity index (χ3v) is 4.70. The van der Waals surface area contributed by atoms with E-state index in [4.69, 9.17) is 5.73 Å². The van der Waals surface area contributed by atoms with Crippen LogP contribution in [0.2, 0.25) is 0 Å². The van der Waals surface area contributed by atoms with Crippen LogP contribution < -0.4 is 16.4 Å². The van der Waals surface area contributed by atoms with Crippen LogP contribution in [0.3, 0.4) is 0 Å². The second kappa shape index (κ2) is 12.6. The minimum Gasteiger partial charge on any atom is -0.343 e. The van der Waals surface area contributed by atoms with Crippen molar-refractivity contribution in [3.63, 3.8) is 0 Å². The number of carbonyl (C=O) groups excluding carboxylic acids is 2. The Kier molecular flexibility index (Phi) is 9.80. The normalized spacial score (nSPS) is 13.8. The van der Waals surface area contributed by atoms with E-state index in [9.17, 15) is 14.0 Å². The van der Waals surface area contributed by atoms with E-state index in [-0.39, 0.29) is 23.8 Å². The van der Waals surface area contributed by atoms with Gasteiger partial charge in [0.15, 0.2) is 0 Å². The molecule has 0 unspecified atom stereocenters. The third-order valence-electron chi connectivity index (χ3n) is 4.70. The Bertz CT molecular complexity index is 795. The molecule has 0 radical (unpaired) electrons. The lowest BCUT2D eigenvalue weighted by molar-refractivity contribution is -0.130. The molecule has 4 N–H and O–H groups in total. The fourth-order valence-corrected chi connectivity index (χ4v) is 3.20. The van der Waals surface area contributed by atoms with Gasteiger partial charge in [0, 0.05) is 37.8 Å². The average molecular weight is 415 g/mol. The van der Waals surface area contributed by atoms with E-state index in [1.807, 2.05) is 42.2 Å². The number of hydrogen-bond acceptors (Lipinski definition) is 3. The van der Waals surface area contributed by atoms with Crippen molar-refractivity contribution in [2.75, 3.05) is 25.0 Å². The molecule has 1 heterocycles. The molecule has 2 aromatic rings. The lowest BCUT2D eigenvalue weighted by Gasteiger charge is -2.18. The number of urea groups is 1. The summed E-state index contributed by atoms with van der Waals surface area (Å²) in [7, 11) is 0. The molecule has 162 valence electrons. The van der Waals surface area contributed by atoms with Crippen molar-refractivity contribution in [2.45, 2.75) is 38.6 Å². The summed E-state index contributed by atoms with van der Waals surface area (Å²) in [6, 6.07) is 15.4. The molecule has 3 rings (SSSR count). The number of nitrogens with one attached hydrogen (secondary N) is 2. The van der Waals surface area contributed by atoms with Gasteiger partial charge in [0.2, 0.25) is 5.91 Å². The SMILES string of the molecule is CCNC(=O)Nc1ccccc1.N[C@@H](CC(=O)N1CCCC1)Cc1ccccc1F. The first-order valence-electron chi connectivity index (χ1n) is 10.4. The quantitative estimate of drug-likeness (QED) is 0.676. The minimum absolute atomic E-state index is 0.0938. The molecule has 7 heteroatoms. The highest BCUT2D eigenvalue weighted by molar-refractivity contribution is 5.89. The largest absolute Gasteiger partial charge is 0.343 e. The lowest BCUT2D eigenvalue weighted by Crippen LogP contribution is -2.35. The van der Waals surface area contributed by atoms with Gasteiger partial charge in [-0.25, -0.2) is 9.18 Å². The molecule has 0 aromatic heterocycles. The summed E-state index contributed by atoms with van der Waals surface area (Å²) in [5.74, 6) is -0.155. The number of carbonyl (C=O) groups is 2. The minimum atomic E-state index is -0.310. The van der Waals surface area contributed by atoms with Gasteiger partial charge in [-0.05, 0) is 49.9 Å². The maximum absolute atomic E-state index is 13.4. The first kappa shape index (κ1) is 23.3. The zero-order valence-electron chi connectivity index (χ0n) is 17.4. The zero-order valence-corrected chi connectivity index (χ0v) is 17.4. The van der Waals surface area contributed by atoms with Crippen molar-refractivity contribution in [1.82, 2.24) is 10.2 Å². The van der Waals surface area contributed by atoms with E-state index in [1.54, 1.807) is 18.2 Å². The number of amides is 3. The van der Waals surface area contributed by atoms with Crippen LogP contribution in [-0.2, 0) is 11.2 Å². The van der Waals surface area contributed by atoms with Crippen molar-refractivity contribution in [1.29, 1.82) is 0 Å². The number of nitrogens with two attached hydrogens (primary N) is 1. The van der Waals surface area contributed by atoms with Gasteiger partial charge in [-0.3, -0.25) is 4.79 Å². The maximum Gasteiger partial charge on any atom is 0.319 e. The van der Waals surface area contributed by atoms with Crippen molar-refractivity contribution in [3.05, 3.63) is 66.0 Å². The van der Waals surface area contributed by atoms with Gasteiger partial charge in [0.25, 0.3) is 0 Å². The number of halogens is 1. The third kappa shape index (κ3) is 8.21. The van der Waals surface area contributed by atoms with Gasteiger partial charge in [0.1, 0.15) is 5.82 Å². The van der Waals surface area contributed by atoms with Crippen LogP contribution in [0.1, 0.15) is 31.7 Å². The Balaban J connectivity index is 0.000000232. The summed E-state index contributed by atoms with van der Waals surface area (Å²) >= 11 is 0. The molecule has 0 bridgehead atoms. The Hall–Kier alpha value is -2.93. The fraction of sp³-hybridized carbons (Fsp3) is 0.391. The summed E-state index contributed by atoms with van der Waals surface area (Å²) in [6.07, 6.45) is 2.86. The highest BCUT2D eigenvalue weighted by atomic mass is 19.1. The molecule has 1 saturated heterocycles. The highest BCUT2D eigenvalue weighted by Crippen LogP contribution is 2.13. The Labute approximate surface area is 177 Å². The van der Waals surface area contributed by atoms with Crippen LogP contribution in [0.5, 0.6) is 0 Å². The first-order chi connectivity index (χ1) is 14.5. The molecule has 30 heavy (non-hydrogen) atoms. The Morgan fingerprint density at radius 1 is 1.07 bits per heavy atom. The van der Waals surface area contributed by atoms with E-state index in [0.29, 0.717) is 24.9 Å². The van der Waals surface area contributed by atoms with Gasteiger partial charge < -0.3 is 21.3 Å². The summed E-state index contributed by atoms with van der Waals surface area (Å²) in [4.78, 5) is 24.7. The van der Waals surface area contributed by atoms with Crippen LogP contribution in [0.15, 0.2) is 54.6 Å². The smallest absolute Gasteiger partial charge is 0.319 e. The van der Waals surface area contributed by atoms with Crippen LogP contribution in [0, 0.1) is 5.82 Å². The predicted octanol–water partition coefficient (Wildman–Crippen LogP) is 3.54. The van der Waals surface area contributed by atoms with Crippen LogP contribution in [-0.4, -0.2) is 42.5 Å². The second-order valence-corrected chi connectivity index (χ2v) is 7.20. The van der Waals surface area contributed by atoms with Crippen LogP contribution >= 0.6 is 0 Å². The Morgan fingerprint density at radius 3 is 2.33 bits per heavy atom. The van der Waals surface area contributed by atoms with E-state index in [0.717, 1.165) is 31.6 Å². The number of para-hydroxylation sites is 1. The molecular formula is C23H31FN4O2. The first-order valence-corrected chi connectivity index (χ1v) is 10.4. The fourth-order valence-electron chi connectivity index (χ4n) is 3.20. The van der Waals surface area contributed by atoms with Crippen molar-refractivity contribution in [2.24, 2.45) is 5.73 Å². The van der Waals surface area contributed by atoms with Gasteiger partial charge in [-0.2, -0.15) is 0 Å². The van der Waals surface area contributed by atoms with Gasteiger partial charge >= 0.3 is 6.03 Å². The van der Waals surface area contributed by atoms with Gasteiger partial charge in [0.05, 0.1) is 0 Å². The molecule has 1 aliphatic heterocycles. The molecule has 1 aliphatic rings. The molecule has 0 aliphatic carbocycles. The number of benzene rings is 2. The molecule has 1 fully saturated rings. The summed E-state index contributed by atoms with van der Waals surface area (Å²) in [5.41, 5.74) is 7.32. The average Bonchev–Trinajstić information content (AvgIpc) is 3.26. The number of anilines is 1. The van der Waals surface area contributed by atoms with E-state index < -0.39 is 0 Å². The summed E-state index contributed by atoms with van der Waals surface area (Å²) in [5, 5.41) is 5.34. The molecule has 0 spiro atoms. The van der Waals surface area contributed by atoms with Crippen molar-refractivity contribution >= 4 is 17.6 Å². The highest BCUT2D eigenvalue weighted by Gasteiger charge is 2.20. The standard InChI is InChI=1S/C14H19FN2O.C9H12N2O/c15-13-6-2-1-5-11(13)9-12(16)10-14(18)17-7-3-4-8-17;1-2-10-9(12)11-8-6-4-3-5-7-8/h1-2,5-6,12H,3-4,7-10,16H2;3-7H,2H2,1H3,(H2,10,11,12)/t12-;/m1./s1. The van der Waals surface area contributed by atoms with E-state index >= 15 is 0 Å². The summed E-state index contributed by atoms with van der Waals surface area (Å²) < 4.78 is 13.4. The topological polar surface area (TPSA) is 87.5 Å². The molecule has 1 atom stereocenters. The maximum atomic E-state index is 13.4. The van der Waals surface area contributed by atoms with Crippen molar-refractivity contribution in [3.8, 4) is 0 Å². The van der Waals surface area contributed by atoms with E-state index in [2.05, 4.69) is 10.6 Å². The van der Waals surface area contributed by atoms with Crippen LogP contribution in [0.25, 0.3) is 0 Å². The summed E-state index contributed by atoms with van der Waals surface area (Å²) in [6.45, 7) is 4.19. The van der Waals surface area contributed by atoms with Gasteiger partial charge in [-0.15, -0.1) is 0 Å². The molecule has 2 aromatic carbocycles. The van der Waals surface area contributed by atoms with E-state index in [1.165, 1.54) is 6.07 Å². The number of hydrogen-bond donors (Lipinski definition) is 3. The molecular weight excluding hydrogens is 383 g/mol. The van der Waals surface area contributed by atoms with Crippen LogP contribution in [0.4, 0.5) is 14.9 Å². The number of nitrogens with zero attached hydrogens (tertiary/aromatic N) is 1. The molecule has 0 saturated carbocycles. The number of rotatable bonds is 6. The number of likely N-dealkylation sites (tertiary alicyclic amines) is 1. The monoisotopic (exact) mass is 414 g/mol. The lowest BCUT2D eigenvalue weighted by atomic mass is 10.0. The second-order valence-electron chi connectivity index (χ2n) is 7.20. The van der Waals surface area contributed by atoms with Crippen molar-refractivity contribution < 1.29 is 14.0 Å². The molecule has 6 nitrogen and oxygen atoms in total. The molecule has 3 amide bonds.